The van der Waals surface area contributed by atoms with Crippen LogP contribution in [0.5, 0.6) is 0 Å². The first-order valence-electron chi connectivity index (χ1n) is 11.0. The molecule has 2 rings (SSSR count). The number of amides is 1. The standard InChI is InChI=1S/C25H36N2O3S/c1-7-24(27(31(6,29)30)23-15-10-19(4)20(5)17-23)25(28)26-16-8-9-21-11-13-22(14-12-21)18(2)3/h10-15,17-18,24H,7-9,16H2,1-6H3,(H,26,28)/t24-/m0/s1. The van der Waals surface area contributed by atoms with Crippen LogP contribution in [0.25, 0.3) is 0 Å². The molecule has 0 aliphatic heterocycles. The van der Waals surface area contributed by atoms with Crippen molar-refractivity contribution in [1.82, 2.24) is 5.32 Å². The van der Waals surface area contributed by atoms with Crippen LogP contribution >= 0.6 is 0 Å². The molecule has 1 N–H and O–H groups in total. The van der Waals surface area contributed by atoms with Gasteiger partial charge in [0.1, 0.15) is 6.04 Å². The lowest BCUT2D eigenvalue weighted by molar-refractivity contribution is -0.122. The number of benzene rings is 2. The van der Waals surface area contributed by atoms with Gasteiger partial charge in [-0.15, -0.1) is 0 Å². The molecule has 0 heterocycles. The first-order valence-corrected chi connectivity index (χ1v) is 12.8. The summed E-state index contributed by atoms with van der Waals surface area (Å²) in [4.78, 5) is 12.9. The molecule has 0 spiro atoms. The van der Waals surface area contributed by atoms with Crippen LogP contribution in [-0.2, 0) is 21.2 Å². The molecular formula is C25H36N2O3S. The lowest BCUT2D eigenvalue weighted by Crippen LogP contribution is -2.49. The van der Waals surface area contributed by atoms with E-state index in [4.69, 9.17) is 0 Å². The van der Waals surface area contributed by atoms with Gasteiger partial charge < -0.3 is 5.32 Å². The Morgan fingerprint density at radius 2 is 1.68 bits per heavy atom. The Morgan fingerprint density at radius 1 is 1.03 bits per heavy atom. The van der Waals surface area contributed by atoms with E-state index in [1.807, 2.05) is 32.9 Å². The predicted molar refractivity (Wildman–Crippen MR) is 129 cm³/mol. The summed E-state index contributed by atoms with van der Waals surface area (Å²) in [6.45, 7) is 10.6. The van der Waals surface area contributed by atoms with Gasteiger partial charge in [-0.2, -0.15) is 0 Å². The number of nitrogens with zero attached hydrogens (tertiary/aromatic N) is 1. The maximum absolute atomic E-state index is 12.9. The number of nitrogens with one attached hydrogen (secondary N) is 1. The van der Waals surface area contributed by atoms with Crippen molar-refractivity contribution < 1.29 is 13.2 Å². The monoisotopic (exact) mass is 444 g/mol. The third-order valence-electron chi connectivity index (χ3n) is 5.66. The highest BCUT2D eigenvalue weighted by Gasteiger charge is 2.31. The van der Waals surface area contributed by atoms with Crippen LogP contribution in [0, 0.1) is 13.8 Å². The summed E-state index contributed by atoms with van der Waals surface area (Å²) in [5, 5.41) is 2.94. The molecule has 0 radical (unpaired) electrons. The molecule has 0 unspecified atom stereocenters. The van der Waals surface area contributed by atoms with Gasteiger partial charge in [0, 0.05) is 6.54 Å². The van der Waals surface area contributed by atoms with Gasteiger partial charge >= 0.3 is 0 Å². The van der Waals surface area contributed by atoms with Crippen molar-refractivity contribution in [3.05, 3.63) is 64.7 Å². The van der Waals surface area contributed by atoms with Crippen molar-refractivity contribution in [2.75, 3.05) is 17.1 Å². The molecule has 6 heteroatoms. The Morgan fingerprint density at radius 3 is 2.19 bits per heavy atom. The normalized spacial score (nSPS) is 12.6. The minimum Gasteiger partial charge on any atom is -0.354 e. The number of anilines is 1. The van der Waals surface area contributed by atoms with Crippen molar-refractivity contribution in [3.63, 3.8) is 0 Å². The van der Waals surface area contributed by atoms with E-state index < -0.39 is 16.1 Å². The van der Waals surface area contributed by atoms with E-state index in [2.05, 4.69) is 43.4 Å². The molecule has 0 aromatic heterocycles. The van der Waals surface area contributed by atoms with Gasteiger partial charge in [0.05, 0.1) is 11.9 Å². The molecule has 5 nitrogen and oxygen atoms in total. The molecule has 2 aromatic rings. The topological polar surface area (TPSA) is 66.5 Å². The van der Waals surface area contributed by atoms with Gasteiger partial charge in [-0.05, 0) is 73.4 Å². The van der Waals surface area contributed by atoms with Gasteiger partial charge in [0.15, 0.2) is 0 Å². The number of hydrogen-bond donors (Lipinski definition) is 1. The van der Waals surface area contributed by atoms with Crippen molar-refractivity contribution in [3.8, 4) is 0 Å². The van der Waals surface area contributed by atoms with Crippen LogP contribution in [0.2, 0.25) is 0 Å². The molecule has 0 aliphatic rings. The highest BCUT2D eigenvalue weighted by Crippen LogP contribution is 2.25. The van der Waals surface area contributed by atoms with E-state index in [1.165, 1.54) is 15.4 Å². The fourth-order valence-electron chi connectivity index (χ4n) is 3.61. The van der Waals surface area contributed by atoms with E-state index in [0.29, 0.717) is 24.6 Å². The van der Waals surface area contributed by atoms with Crippen LogP contribution in [0.15, 0.2) is 42.5 Å². The average molecular weight is 445 g/mol. The van der Waals surface area contributed by atoms with Crippen molar-refractivity contribution >= 4 is 21.6 Å². The highest BCUT2D eigenvalue weighted by molar-refractivity contribution is 7.92. The lowest BCUT2D eigenvalue weighted by atomic mass is 10.0. The maximum atomic E-state index is 12.9. The van der Waals surface area contributed by atoms with Crippen molar-refractivity contribution in [2.45, 2.75) is 65.8 Å². The van der Waals surface area contributed by atoms with Crippen LogP contribution in [0.4, 0.5) is 5.69 Å². The van der Waals surface area contributed by atoms with Crippen LogP contribution < -0.4 is 9.62 Å². The molecular weight excluding hydrogens is 408 g/mol. The maximum Gasteiger partial charge on any atom is 0.243 e. The second kappa shape index (κ2) is 10.8. The Kier molecular flexibility index (Phi) is 8.69. The molecule has 0 saturated heterocycles. The summed E-state index contributed by atoms with van der Waals surface area (Å²) in [6.07, 6.45) is 3.20. The second-order valence-electron chi connectivity index (χ2n) is 8.54. The predicted octanol–water partition coefficient (Wildman–Crippen LogP) is 4.72. The molecule has 0 fully saturated rings. The number of sulfonamides is 1. The largest absolute Gasteiger partial charge is 0.354 e. The fourth-order valence-corrected chi connectivity index (χ4v) is 4.82. The van der Waals surface area contributed by atoms with Crippen LogP contribution in [0.3, 0.4) is 0 Å². The first kappa shape index (κ1) is 24.9. The minimum atomic E-state index is -3.62. The zero-order valence-electron chi connectivity index (χ0n) is 19.6. The van der Waals surface area contributed by atoms with E-state index in [0.717, 1.165) is 30.2 Å². The molecule has 1 atom stereocenters. The Hall–Kier alpha value is -2.34. The van der Waals surface area contributed by atoms with E-state index >= 15 is 0 Å². The number of aryl methyl sites for hydroxylation is 3. The molecule has 1 amide bonds. The highest BCUT2D eigenvalue weighted by atomic mass is 32.2. The van der Waals surface area contributed by atoms with Gasteiger partial charge in [-0.1, -0.05) is 51.1 Å². The fraction of sp³-hybridized carbons (Fsp3) is 0.480. The van der Waals surface area contributed by atoms with Crippen LogP contribution in [0.1, 0.15) is 61.8 Å². The van der Waals surface area contributed by atoms with Crippen molar-refractivity contribution in [2.24, 2.45) is 0 Å². The summed E-state index contributed by atoms with van der Waals surface area (Å²) in [7, 11) is -3.62. The summed E-state index contributed by atoms with van der Waals surface area (Å²) in [5.74, 6) is 0.246. The van der Waals surface area contributed by atoms with E-state index in [1.54, 1.807) is 6.07 Å². The quantitative estimate of drug-likeness (QED) is 0.539. The lowest BCUT2D eigenvalue weighted by Gasteiger charge is -2.30. The minimum absolute atomic E-state index is 0.263. The third-order valence-corrected chi connectivity index (χ3v) is 6.84. The summed E-state index contributed by atoms with van der Waals surface area (Å²) >= 11 is 0. The number of rotatable bonds is 10. The van der Waals surface area contributed by atoms with E-state index in [9.17, 15) is 13.2 Å². The van der Waals surface area contributed by atoms with Crippen molar-refractivity contribution in [1.29, 1.82) is 0 Å². The summed E-state index contributed by atoms with van der Waals surface area (Å²) in [5.41, 5.74) is 5.15. The smallest absolute Gasteiger partial charge is 0.243 e. The van der Waals surface area contributed by atoms with Gasteiger partial charge in [0.25, 0.3) is 0 Å². The number of carbonyl (C=O) groups is 1. The second-order valence-corrected chi connectivity index (χ2v) is 10.4. The molecule has 31 heavy (non-hydrogen) atoms. The Labute approximate surface area is 187 Å². The first-order chi connectivity index (χ1) is 14.5. The van der Waals surface area contributed by atoms with Gasteiger partial charge in [-0.3, -0.25) is 9.10 Å². The molecule has 2 aromatic carbocycles. The summed E-state index contributed by atoms with van der Waals surface area (Å²) < 4.78 is 26.4. The molecule has 0 saturated carbocycles. The van der Waals surface area contributed by atoms with Gasteiger partial charge in [0.2, 0.25) is 15.9 Å². The SMILES string of the molecule is CC[C@@H](C(=O)NCCCc1ccc(C(C)C)cc1)N(c1ccc(C)c(C)c1)S(C)(=O)=O. The summed E-state index contributed by atoms with van der Waals surface area (Å²) in [6, 6.07) is 13.3. The van der Waals surface area contributed by atoms with E-state index in [-0.39, 0.29) is 5.91 Å². The Bertz CT molecular complexity index is 982. The average Bonchev–Trinajstić information content (AvgIpc) is 2.70. The molecule has 0 aliphatic carbocycles. The van der Waals surface area contributed by atoms with Gasteiger partial charge in [-0.25, -0.2) is 8.42 Å². The zero-order valence-corrected chi connectivity index (χ0v) is 20.4. The number of hydrogen-bond acceptors (Lipinski definition) is 3. The molecule has 170 valence electrons. The number of carbonyl (C=O) groups excluding carboxylic acids is 1. The molecule has 0 bridgehead atoms. The Balaban J connectivity index is 2.03. The van der Waals surface area contributed by atoms with Crippen LogP contribution in [-0.4, -0.2) is 33.2 Å². The third kappa shape index (κ3) is 6.82. The zero-order chi connectivity index (χ0) is 23.2.